The molecule has 4 fully saturated rings. The molecule has 0 radical (unpaired) electrons. The summed E-state index contributed by atoms with van der Waals surface area (Å²) in [6, 6.07) is 33.0. The molecule has 10 aromatic rings. The van der Waals surface area contributed by atoms with Crippen molar-refractivity contribution in [3.05, 3.63) is 132 Å². The van der Waals surface area contributed by atoms with Crippen LogP contribution >= 0.6 is 0 Å². The van der Waals surface area contributed by atoms with Crippen LogP contribution in [0.2, 0.25) is 0 Å². The maximum absolute atomic E-state index is 14.4. The van der Waals surface area contributed by atoms with Gasteiger partial charge in [-0.3, -0.25) is 9.97 Å². The minimum Gasteiger partial charge on any atom is -0.354 e. The van der Waals surface area contributed by atoms with Gasteiger partial charge >= 0.3 is 0 Å². The highest BCUT2D eigenvalue weighted by Gasteiger charge is 2.42. The van der Waals surface area contributed by atoms with Crippen LogP contribution in [0.4, 0.5) is 29.2 Å². The van der Waals surface area contributed by atoms with Gasteiger partial charge in [-0.2, -0.15) is 0 Å². The fourth-order valence-corrected chi connectivity index (χ4v) is 13.8. The molecule has 8 aromatic heterocycles. The van der Waals surface area contributed by atoms with Crippen LogP contribution < -0.4 is 9.80 Å². The second-order valence-electron chi connectivity index (χ2n) is 24.0. The first-order valence-electron chi connectivity index (χ1n) is 29.7. The Morgan fingerprint density at radius 2 is 0.845 bits per heavy atom. The number of piperazine rings is 2. The van der Waals surface area contributed by atoms with Gasteiger partial charge in [0.05, 0.1) is 56.9 Å². The number of hydrogen-bond acceptors (Lipinski definition) is 12. The number of likely N-dealkylation sites (N-methyl/N-ethyl adjacent to an activating group) is 2. The normalized spacial score (nSPS) is 19.1. The van der Waals surface area contributed by atoms with Gasteiger partial charge in [0, 0.05) is 126 Å². The van der Waals surface area contributed by atoms with Gasteiger partial charge in [0.15, 0.2) is 0 Å². The van der Waals surface area contributed by atoms with Crippen molar-refractivity contribution in [1.82, 2.24) is 68.9 Å². The zero-order chi connectivity index (χ0) is 58.0. The van der Waals surface area contributed by atoms with Crippen LogP contribution in [-0.4, -0.2) is 147 Å². The highest BCUT2D eigenvalue weighted by molar-refractivity contribution is 6.07. The number of pyridine rings is 4. The predicted octanol–water partition coefficient (Wildman–Crippen LogP) is 11.7. The van der Waals surface area contributed by atoms with Gasteiger partial charge in [-0.25, -0.2) is 36.9 Å². The number of anilines is 2. The van der Waals surface area contributed by atoms with E-state index in [2.05, 4.69) is 124 Å². The highest BCUT2D eigenvalue weighted by atomic mass is 19.3. The first-order valence-corrected chi connectivity index (χ1v) is 29.7. The first kappa shape index (κ1) is 55.4. The molecule has 14 rings (SSSR count). The Morgan fingerprint density at radius 3 is 1.19 bits per heavy atom. The van der Waals surface area contributed by atoms with Crippen LogP contribution in [0.15, 0.2) is 109 Å². The number of rotatable bonds is 10. The summed E-state index contributed by atoms with van der Waals surface area (Å²) in [5, 5.41) is 18.9. The minimum absolute atomic E-state index is 0.0312. The molecule has 10 heterocycles. The monoisotopic (exact) mass is 1140 g/mol. The van der Waals surface area contributed by atoms with Crippen molar-refractivity contribution < 1.29 is 17.6 Å². The molecule has 2 aliphatic heterocycles. The standard InChI is InChI=1S/2C32H36F2N8/c2*1-21-29(40(3)38-37-21)24-19-26-28(35-20-24)25-9-10-27(41-17-15-39(2)16-18-41)36-31(25)42(26)30(22-7-5-4-6-8-22)23-11-13-32(33,34)14-12-23/h2*4-10,19-20,23,30H,11-18H2,1-3H3. The number of fused-ring (bicyclic) bond motifs is 6. The second-order valence-corrected chi connectivity index (χ2v) is 24.0. The molecule has 2 unspecified atom stereocenters. The van der Waals surface area contributed by atoms with E-state index in [0.717, 1.165) is 153 Å². The lowest BCUT2D eigenvalue weighted by Crippen LogP contribution is -2.44. The Balaban J connectivity index is 0.000000157. The van der Waals surface area contributed by atoms with E-state index in [-0.39, 0.29) is 49.6 Å². The first-order chi connectivity index (χ1) is 40.6. The van der Waals surface area contributed by atoms with E-state index in [9.17, 15) is 17.6 Å². The summed E-state index contributed by atoms with van der Waals surface area (Å²) < 4.78 is 65.8. The predicted molar refractivity (Wildman–Crippen MR) is 322 cm³/mol. The van der Waals surface area contributed by atoms with Crippen LogP contribution in [0.5, 0.6) is 0 Å². The number of aromatic nitrogens is 12. The SMILES string of the molecule is Cc1nnn(C)c1-c1cnc2c3ccc(N4CCN(C)CC4)nc3n(C(c3ccccc3)C3CCC(F)(F)CC3)c2c1.Cc1nnn(C)c1-c1cnc2c3ccc(N4CCN(C)CC4)nc3n(C(c3ccccc3)C3CCC(F)(F)CC3)c2c1. The van der Waals surface area contributed by atoms with Crippen molar-refractivity contribution in [2.45, 2.75) is 89.1 Å². The summed E-state index contributed by atoms with van der Waals surface area (Å²) in [7, 11) is 8.06. The smallest absolute Gasteiger partial charge is 0.248 e. The van der Waals surface area contributed by atoms with E-state index in [1.165, 1.54) is 0 Å². The Labute approximate surface area is 486 Å². The molecular formula is C64H72F4N16. The number of benzene rings is 2. The highest BCUT2D eigenvalue weighted by Crippen LogP contribution is 2.48. The van der Waals surface area contributed by atoms with E-state index in [1.54, 1.807) is 9.36 Å². The summed E-state index contributed by atoms with van der Waals surface area (Å²) in [4.78, 5) is 29.9. The van der Waals surface area contributed by atoms with E-state index in [4.69, 9.17) is 19.9 Å². The molecule has 16 nitrogen and oxygen atoms in total. The Bertz CT molecular complexity index is 3670. The van der Waals surface area contributed by atoms with Crippen LogP contribution in [0.3, 0.4) is 0 Å². The summed E-state index contributed by atoms with van der Waals surface area (Å²) >= 11 is 0. The fourth-order valence-electron chi connectivity index (χ4n) is 13.8. The maximum Gasteiger partial charge on any atom is 0.248 e. The molecule has 20 heteroatoms. The van der Waals surface area contributed by atoms with Crippen LogP contribution in [0.25, 0.3) is 66.6 Å². The van der Waals surface area contributed by atoms with Crippen molar-refractivity contribution >= 4 is 55.8 Å². The zero-order valence-corrected chi connectivity index (χ0v) is 48.7. The molecule has 0 bridgehead atoms. The van der Waals surface area contributed by atoms with Gasteiger partial charge in [-0.05, 0) is 113 Å². The van der Waals surface area contributed by atoms with Crippen LogP contribution in [0, 0.1) is 25.7 Å². The average Bonchev–Trinajstić information content (AvgIpc) is 1.81. The molecule has 2 saturated heterocycles. The number of hydrogen-bond donors (Lipinski definition) is 0. The quantitative estimate of drug-likeness (QED) is 0.121. The summed E-state index contributed by atoms with van der Waals surface area (Å²) in [6.45, 7) is 11.4. The van der Waals surface area contributed by atoms with Crippen molar-refractivity contribution in [1.29, 1.82) is 0 Å². The lowest BCUT2D eigenvalue weighted by molar-refractivity contribution is -0.0498. The summed E-state index contributed by atoms with van der Waals surface area (Å²) in [6.07, 6.45) is 5.17. The molecule has 2 aliphatic carbocycles. The molecule has 84 heavy (non-hydrogen) atoms. The molecule has 4 aliphatic rings. The number of aryl methyl sites for hydroxylation is 4. The van der Waals surface area contributed by atoms with E-state index in [1.807, 2.05) is 76.7 Å². The van der Waals surface area contributed by atoms with Crippen molar-refractivity contribution in [2.24, 2.45) is 25.9 Å². The molecule has 436 valence electrons. The Kier molecular flexibility index (Phi) is 14.7. The number of nitrogens with zero attached hydrogens (tertiary/aromatic N) is 16. The molecular weight excluding hydrogens is 1070 g/mol. The number of halogens is 4. The molecule has 2 saturated carbocycles. The van der Waals surface area contributed by atoms with Gasteiger partial charge in [0.1, 0.15) is 22.9 Å². The molecule has 0 spiro atoms. The lowest BCUT2D eigenvalue weighted by atomic mass is 9.79. The third-order valence-electron chi connectivity index (χ3n) is 18.4. The third-order valence-corrected chi connectivity index (χ3v) is 18.4. The maximum atomic E-state index is 14.4. The topological polar surface area (TPSA) is 136 Å². The van der Waals surface area contributed by atoms with E-state index >= 15 is 0 Å². The van der Waals surface area contributed by atoms with E-state index in [0.29, 0.717) is 25.7 Å². The van der Waals surface area contributed by atoms with Crippen LogP contribution in [0.1, 0.15) is 86.0 Å². The van der Waals surface area contributed by atoms with Gasteiger partial charge < -0.3 is 28.7 Å². The average molecular weight is 1140 g/mol. The Hall–Kier alpha value is -7.84. The fraction of sp³-hybridized carbons (Fsp3) is 0.438. The van der Waals surface area contributed by atoms with Gasteiger partial charge in [0.25, 0.3) is 0 Å². The molecule has 2 aromatic carbocycles. The summed E-state index contributed by atoms with van der Waals surface area (Å²) in [5.41, 5.74) is 12.8. The lowest BCUT2D eigenvalue weighted by Gasteiger charge is -2.36. The van der Waals surface area contributed by atoms with Gasteiger partial charge in [-0.15, -0.1) is 10.2 Å². The van der Waals surface area contributed by atoms with Gasteiger partial charge in [0.2, 0.25) is 11.8 Å². The zero-order valence-electron chi connectivity index (χ0n) is 48.7. The Morgan fingerprint density at radius 1 is 0.476 bits per heavy atom. The minimum atomic E-state index is -2.61. The largest absolute Gasteiger partial charge is 0.354 e. The van der Waals surface area contributed by atoms with E-state index < -0.39 is 11.8 Å². The third kappa shape index (κ3) is 10.5. The van der Waals surface area contributed by atoms with Gasteiger partial charge in [-0.1, -0.05) is 71.1 Å². The molecule has 0 N–H and O–H groups in total. The molecule has 0 amide bonds. The summed E-state index contributed by atoms with van der Waals surface area (Å²) in [5.74, 6) is -3.27. The second kappa shape index (κ2) is 22.3. The van der Waals surface area contributed by atoms with Crippen molar-refractivity contribution in [3.63, 3.8) is 0 Å². The molecule has 2 atom stereocenters. The van der Waals surface area contributed by atoms with Crippen LogP contribution in [-0.2, 0) is 14.1 Å². The van der Waals surface area contributed by atoms with Crippen molar-refractivity contribution in [3.8, 4) is 22.5 Å². The van der Waals surface area contributed by atoms with Crippen molar-refractivity contribution in [2.75, 3.05) is 76.3 Å². The number of alkyl halides is 4.